The van der Waals surface area contributed by atoms with Gasteiger partial charge in [-0.1, -0.05) is 0 Å². The molecule has 0 saturated carbocycles. The molecule has 0 aliphatic carbocycles. The van der Waals surface area contributed by atoms with Crippen molar-refractivity contribution in [3.05, 3.63) is 24.3 Å². The van der Waals surface area contributed by atoms with Gasteiger partial charge in [-0.15, -0.1) is 0 Å². The Morgan fingerprint density at radius 3 is 1.77 bits per heavy atom. The van der Waals surface area contributed by atoms with Crippen molar-refractivity contribution in [3.8, 4) is 22.6 Å². The van der Waals surface area contributed by atoms with Crippen molar-refractivity contribution in [1.82, 2.24) is 0 Å². The van der Waals surface area contributed by atoms with Crippen molar-refractivity contribution >= 4 is 41.9 Å². The first kappa shape index (κ1) is 23.5. The van der Waals surface area contributed by atoms with Crippen LogP contribution >= 0.6 is 0 Å². The molecule has 0 spiro atoms. The maximum atomic E-state index is 11.8. The highest BCUT2D eigenvalue weighted by molar-refractivity contribution is 7.87. The zero-order valence-corrected chi connectivity index (χ0v) is 17.1. The van der Waals surface area contributed by atoms with Gasteiger partial charge in [-0.25, -0.2) is 0 Å². The van der Waals surface area contributed by atoms with Crippen molar-refractivity contribution in [3.63, 3.8) is 0 Å². The lowest BCUT2D eigenvalue weighted by molar-refractivity contribution is -0.114. The second-order valence-electron chi connectivity index (χ2n) is 5.79. The van der Waals surface area contributed by atoms with Gasteiger partial charge in [0.25, 0.3) is 30.4 Å². The van der Waals surface area contributed by atoms with Gasteiger partial charge in [-0.2, -0.15) is 25.3 Å². The summed E-state index contributed by atoms with van der Waals surface area (Å²) in [5.41, 5.74) is -2.40. The van der Waals surface area contributed by atoms with E-state index in [9.17, 15) is 53.9 Å². The molecule has 0 bridgehead atoms. The first-order chi connectivity index (χ1) is 13.4. The van der Waals surface area contributed by atoms with E-state index in [1.807, 2.05) is 0 Å². The Morgan fingerprint density at radius 2 is 1.33 bits per heavy atom. The highest BCUT2D eigenvalue weighted by atomic mass is 32.2. The molecule has 6 N–H and O–H groups in total. The standard InChI is InChI=1S/C14H13NO12S3/c1-6(16)15-10-2-7(17)3-11(29(22,23)24)13(10)9-4-8(28(19,20)21)5-12(14(9)18)30(25,26)27/h2-5,17-18H,1H3,(H,15,16)(H,19,20,21)(H,22,23,24)(H,25,26,27). The van der Waals surface area contributed by atoms with Crippen molar-refractivity contribution < 1.29 is 53.9 Å². The molecule has 0 aliphatic rings. The molecule has 0 radical (unpaired) electrons. The molecule has 0 saturated heterocycles. The maximum absolute atomic E-state index is 11.8. The fourth-order valence-electron chi connectivity index (χ4n) is 2.49. The molecule has 0 atom stereocenters. The van der Waals surface area contributed by atoms with E-state index in [-0.39, 0.29) is 6.07 Å². The lowest BCUT2D eigenvalue weighted by atomic mass is 10.0. The van der Waals surface area contributed by atoms with Crippen LogP contribution in [0.4, 0.5) is 5.69 Å². The summed E-state index contributed by atoms with van der Waals surface area (Å²) in [4.78, 5) is 7.67. The van der Waals surface area contributed by atoms with Crippen LogP contribution in [0.5, 0.6) is 11.5 Å². The van der Waals surface area contributed by atoms with E-state index in [1.54, 1.807) is 0 Å². The largest absolute Gasteiger partial charge is 0.508 e. The predicted octanol–water partition coefficient (Wildman–Crippen LogP) is 0.463. The van der Waals surface area contributed by atoms with Crippen LogP contribution in [0.15, 0.2) is 39.0 Å². The number of benzene rings is 2. The second kappa shape index (κ2) is 7.49. The van der Waals surface area contributed by atoms with Crippen LogP contribution in [-0.2, 0) is 35.1 Å². The van der Waals surface area contributed by atoms with E-state index < -0.39 is 79.3 Å². The van der Waals surface area contributed by atoms with Crippen LogP contribution in [0.25, 0.3) is 11.1 Å². The topological polar surface area (TPSA) is 233 Å². The number of carbonyl (C=O) groups excluding carboxylic acids is 1. The van der Waals surface area contributed by atoms with E-state index >= 15 is 0 Å². The Kier molecular flexibility index (Phi) is 5.87. The fraction of sp³-hybridized carbons (Fsp3) is 0.0714. The van der Waals surface area contributed by atoms with Gasteiger partial charge in [0.05, 0.1) is 10.6 Å². The monoisotopic (exact) mass is 483 g/mol. The minimum Gasteiger partial charge on any atom is -0.508 e. The molecular formula is C14H13NO12S3. The summed E-state index contributed by atoms with van der Waals surface area (Å²) in [5.74, 6) is -3.02. The number of aromatic hydroxyl groups is 2. The van der Waals surface area contributed by atoms with Crippen LogP contribution in [-0.4, -0.2) is 55.0 Å². The molecule has 164 valence electrons. The third-order valence-electron chi connectivity index (χ3n) is 3.57. The summed E-state index contributed by atoms with van der Waals surface area (Å²) >= 11 is 0. The third-order valence-corrected chi connectivity index (χ3v) is 6.15. The predicted molar refractivity (Wildman–Crippen MR) is 99.0 cm³/mol. The lowest BCUT2D eigenvalue weighted by Crippen LogP contribution is -2.11. The molecule has 13 nitrogen and oxygen atoms in total. The third kappa shape index (κ3) is 4.86. The van der Waals surface area contributed by atoms with E-state index in [2.05, 4.69) is 5.32 Å². The average molecular weight is 483 g/mol. The molecule has 1 amide bonds. The number of nitrogens with one attached hydrogen (secondary N) is 1. The van der Waals surface area contributed by atoms with Gasteiger partial charge in [-0.05, 0) is 12.1 Å². The first-order valence-corrected chi connectivity index (χ1v) is 11.7. The fourth-order valence-corrected chi connectivity index (χ4v) is 4.48. The van der Waals surface area contributed by atoms with Crippen LogP contribution < -0.4 is 5.32 Å². The van der Waals surface area contributed by atoms with Crippen LogP contribution in [0, 0.1) is 0 Å². The number of rotatable bonds is 5. The Morgan fingerprint density at radius 1 is 0.800 bits per heavy atom. The zero-order chi connectivity index (χ0) is 23.2. The van der Waals surface area contributed by atoms with Gasteiger partial charge in [0.15, 0.2) is 0 Å². The number of phenols is 2. The van der Waals surface area contributed by atoms with Crippen LogP contribution in [0.1, 0.15) is 6.92 Å². The molecule has 2 aromatic rings. The van der Waals surface area contributed by atoms with Gasteiger partial charge in [0, 0.05) is 30.2 Å². The Bertz CT molecular complexity index is 1380. The quantitative estimate of drug-likeness (QED) is 0.318. The maximum Gasteiger partial charge on any atom is 0.298 e. The normalized spacial score (nSPS) is 12.5. The summed E-state index contributed by atoms with van der Waals surface area (Å²) in [6.45, 7) is 0.957. The molecule has 30 heavy (non-hydrogen) atoms. The van der Waals surface area contributed by atoms with Crippen molar-refractivity contribution in [2.75, 3.05) is 5.32 Å². The van der Waals surface area contributed by atoms with Gasteiger partial charge >= 0.3 is 0 Å². The first-order valence-electron chi connectivity index (χ1n) is 7.37. The summed E-state index contributed by atoms with van der Waals surface area (Å²) in [6.07, 6.45) is 0. The Hall–Kier alpha value is -2.76. The number of anilines is 1. The van der Waals surface area contributed by atoms with E-state index in [4.69, 9.17) is 0 Å². The molecule has 2 aromatic carbocycles. The van der Waals surface area contributed by atoms with Crippen molar-refractivity contribution in [1.29, 1.82) is 0 Å². The van der Waals surface area contributed by atoms with Gasteiger partial charge in [0.2, 0.25) is 5.91 Å². The molecule has 0 aliphatic heterocycles. The van der Waals surface area contributed by atoms with Crippen molar-refractivity contribution in [2.24, 2.45) is 0 Å². The van der Waals surface area contributed by atoms with Gasteiger partial charge < -0.3 is 15.5 Å². The van der Waals surface area contributed by atoms with Gasteiger partial charge in [-0.3, -0.25) is 18.5 Å². The van der Waals surface area contributed by atoms with Crippen molar-refractivity contribution in [2.45, 2.75) is 21.6 Å². The number of hydrogen-bond acceptors (Lipinski definition) is 9. The summed E-state index contributed by atoms with van der Waals surface area (Å²) in [6, 6.07) is 1.82. The van der Waals surface area contributed by atoms with E-state index in [0.717, 1.165) is 13.0 Å². The molecule has 16 heteroatoms. The second-order valence-corrected chi connectivity index (χ2v) is 9.99. The molecule has 2 rings (SSSR count). The summed E-state index contributed by atoms with van der Waals surface area (Å²) < 4.78 is 97.8. The smallest absolute Gasteiger partial charge is 0.298 e. The van der Waals surface area contributed by atoms with Crippen LogP contribution in [0.2, 0.25) is 0 Å². The summed E-state index contributed by atoms with van der Waals surface area (Å²) in [5, 5.41) is 22.1. The average Bonchev–Trinajstić information content (AvgIpc) is 2.51. The Labute approximate surface area is 169 Å². The number of phenolic OH excluding ortho intramolecular Hbond substituents is 2. The highest BCUT2D eigenvalue weighted by Crippen LogP contribution is 2.44. The molecular weight excluding hydrogens is 470 g/mol. The molecule has 0 unspecified atom stereocenters. The molecule has 0 fully saturated rings. The lowest BCUT2D eigenvalue weighted by Gasteiger charge is -2.17. The number of carbonyl (C=O) groups is 1. The number of hydrogen-bond donors (Lipinski definition) is 6. The molecule has 0 heterocycles. The SMILES string of the molecule is CC(=O)Nc1cc(O)cc(S(=O)(=O)O)c1-c1cc(S(=O)(=O)O)cc(S(=O)(=O)O)c1O. The van der Waals surface area contributed by atoms with E-state index in [1.165, 1.54) is 0 Å². The number of amides is 1. The minimum atomic E-state index is -5.31. The summed E-state index contributed by atoms with van der Waals surface area (Å²) in [7, 11) is -15.7. The zero-order valence-electron chi connectivity index (χ0n) is 14.6. The Balaban J connectivity index is 3.19. The molecule has 0 aromatic heterocycles. The minimum absolute atomic E-state index is 0.190. The van der Waals surface area contributed by atoms with Crippen LogP contribution in [0.3, 0.4) is 0 Å². The highest BCUT2D eigenvalue weighted by Gasteiger charge is 2.30. The van der Waals surface area contributed by atoms with Gasteiger partial charge in [0.1, 0.15) is 21.3 Å². The van der Waals surface area contributed by atoms with E-state index in [0.29, 0.717) is 12.1 Å².